The topological polar surface area (TPSA) is 77.2 Å². The number of hydrogen-bond donors (Lipinski definition) is 2. The van der Waals surface area contributed by atoms with E-state index in [0.717, 1.165) is 22.7 Å². The lowest BCUT2D eigenvalue weighted by molar-refractivity contribution is 0.0944. The van der Waals surface area contributed by atoms with Crippen LogP contribution in [0.3, 0.4) is 0 Å². The van der Waals surface area contributed by atoms with Gasteiger partial charge >= 0.3 is 0 Å². The Labute approximate surface area is 133 Å². The van der Waals surface area contributed by atoms with Crippen molar-refractivity contribution in [3.05, 3.63) is 45.9 Å². The van der Waals surface area contributed by atoms with Gasteiger partial charge in [0, 0.05) is 24.3 Å². The van der Waals surface area contributed by atoms with Gasteiger partial charge in [0.25, 0.3) is 5.91 Å². The number of benzene rings is 1. The third-order valence-corrected chi connectivity index (χ3v) is 4.64. The summed E-state index contributed by atoms with van der Waals surface area (Å²) < 4.78 is 5.64. The number of nitrogens with two attached hydrogens (primary N) is 1. The second-order valence-corrected chi connectivity index (χ2v) is 6.19. The molecule has 6 heteroatoms. The van der Waals surface area contributed by atoms with Gasteiger partial charge in [-0.25, -0.2) is 4.98 Å². The molecule has 0 aliphatic carbocycles. The van der Waals surface area contributed by atoms with E-state index in [9.17, 15) is 4.79 Å². The zero-order chi connectivity index (χ0) is 15.4. The Morgan fingerprint density at radius 3 is 3.18 bits per heavy atom. The van der Waals surface area contributed by atoms with Gasteiger partial charge in [0.15, 0.2) is 0 Å². The molecule has 1 atom stereocenters. The fourth-order valence-corrected chi connectivity index (χ4v) is 3.38. The summed E-state index contributed by atoms with van der Waals surface area (Å²) in [5.74, 6) is 1.09. The molecule has 0 radical (unpaired) electrons. The second-order valence-electron chi connectivity index (χ2n) is 5.25. The zero-order valence-electron chi connectivity index (χ0n) is 12.2. The molecule has 0 bridgehead atoms. The first-order valence-corrected chi connectivity index (χ1v) is 8.30. The van der Waals surface area contributed by atoms with Crippen LogP contribution in [0, 0.1) is 0 Å². The molecule has 2 heterocycles. The van der Waals surface area contributed by atoms with Gasteiger partial charge in [0.2, 0.25) is 0 Å². The van der Waals surface area contributed by atoms with Gasteiger partial charge in [-0.05, 0) is 24.6 Å². The first-order chi connectivity index (χ1) is 10.8. The normalized spacial score (nSPS) is 16.7. The molecule has 3 rings (SSSR count). The molecule has 1 unspecified atom stereocenters. The van der Waals surface area contributed by atoms with Crippen LogP contribution >= 0.6 is 11.3 Å². The SMILES string of the molecule is NCCc1nc(C(=O)NCC2CCOc3ccccc32)cs1. The summed E-state index contributed by atoms with van der Waals surface area (Å²) in [5.41, 5.74) is 7.15. The molecule has 0 saturated carbocycles. The summed E-state index contributed by atoms with van der Waals surface area (Å²) in [6.07, 6.45) is 1.62. The van der Waals surface area contributed by atoms with E-state index in [1.165, 1.54) is 11.3 Å². The molecule has 116 valence electrons. The van der Waals surface area contributed by atoms with Crippen molar-refractivity contribution in [2.45, 2.75) is 18.8 Å². The van der Waals surface area contributed by atoms with E-state index in [-0.39, 0.29) is 11.8 Å². The maximum Gasteiger partial charge on any atom is 0.270 e. The van der Waals surface area contributed by atoms with Crippen molar-refractivity contribution in [2.75, 3.05) is 19.7 Å². The van der Waals surface area contributed by atoms with Crippen molar-refractivity contribution in [1.82, 2.24) is 10.3 Å². The van der Waals surface area contributed by atoms with E-state index < -0.39 is 0 Å². The minimum atomic E-state index is -0.122. The second kappa shape index (κ2) is 6.89. The minimum absolute atomic E-state index is 0.122. The van der Waals surface area contributed by atoms with E-state index in [2.05, 4.69) is 16.4 Å². The first kappa shape index (κ1) is 15.0. The number of para-hydroxylation sites is 1. The fourth-order valence-electron chi connectivity index (χ4n) is 2.59. The molecule has 0 saturated heterocycles. The van der Waals surface area contributed by atoms with Crippen molar-refractivity contribution in [3.63, 3.8) is 0 Å². The van der Waals surface area contributed by atoms with E-state index in [0.29, 0.717) is 31.8 Å². The Morgan fingerprint density at radius 2 is 2.32 bits per heavy atom. The standard InChI is InChI=1S/C16H19N3O2S/c17-7-5-15-19-13(10-22-15)16(20)18-9-11-6-8-21-14-4-2-1-3-12(11)14/h1-4,10-11H,5-9,17H2,(H,18,20). The average Bonchev–Trinajstić information content (AvgIpc) is 3.02. The number of nitrogens with zero attached hydrogens (tertiary/aromatic N) is 1. The van der Waals surface area contributed by atoms with Crippen LogP contribution in [-0.2, 0) is 6.42 Å². The Hall–Kier alpha value is -1.92. The molecule has 1 aliphatic heterocycles. The molecule has 5 nitrogen and oxygen atoms in total. The Bertz CT molecular complexity index is 656. The van der Waals surface area contributed by atoms with Crippen LogP contribution in [0.25, 0.3) is 0 Å². The maximum absolute atomic E-state index is 12.2. The number of thiazole rings is 1. The number of rotatable bonds is 5. The molecular weight excluding hydrogens is 298 g/mol. The molecule has 2 aromatic rings. The van der Waals surface area contributed by atoms with Gasteiger partial charge in [-0.1, -0.05) is 18.2 Å². The van der Waals surface area contributed by atoms with Crippen LogP contribution in [0.1, 0.15) is 33.4 Å². The van der Waals surface area contributed by atoms with Crippen molar-refractivity contribution in [3.8, 4) is 5.75 Å². The fraction of sp³-hybridized carbons (Fsp3) is 0.375. The summed E-state index contributed by atoms with van der Waals surface area (Å²) in [5, 5.41) is 5.68. The molecule has 1 amide bonds. The summed E-state index contributed by atoms with van der Waals surface area (Å²) in [6.45, 7) is 1.84. The highest BCUT2D eigenvalue weighted by atomic mass is 32.1. The number of carbonyl (C=O) groups excluding carboxylic acids is 1. The number of aromatic nitrogens is 1. The Balaban J connectivity index is 1.61. The van der Waals surface area contributed by atoms with Crippen molar-refractivity contribution < 1.29 is 9.53 Å². The van der Waals surface area contributed by atoms with Crippen molar-refractivity contribution in [2.24, 2.45) is 5.73 Å². The Morgan fingerprint density at radius 1 is 1.45 bits per heavy atom. The van der Waals surface area contributed by atoms with Gasteiger partial charge < -0.3 is 15.8 Å². The average molecular weight is 317 g/mol. The number of ether oxygens (including phenoxy) is 1. The van der Waals surface area contributed by atoms with E-state index in [1.807, 2.05) is 18.2 Å². The van der Waals surface area contributed by atoms with Crippen molar-refractivity contribution in [1.29, 1.82) is 0 Å². The zero-order valence-corrected chi connectivity index (χ0v) is 13.1. The highest BCUT2D eigenvalue weighted by Crippen LogP contribution is 2.32. The van der Waals surface area contributed by atoms with Crippen LogP contribution in [0.2, 0.25) is 0 Å². The van der Waals surface area contributed by atoms with Gasteiger partial charge in [-0.3, -0.25) is 4.79 Å². The van der Waals surface area contributed by atoms with Crippen LogP contribution in [0.4, 0.5) is 0 Å². The van der Waals surface area contributed by atoms with Crippen LogP contribution in [-0.4, -0.2) is 30.6 Å². The molecule has 0 spiro atoms. The quantitative estimate of drug-likeness (QED) is 0.883. The molecule has 0 fully saturated rings. The molecule has 1 aromatic carbocycles. The number of amides is 1. The van der Waals surface area contributed by atoms with Crippen molar-refractivity contribution >= 4 is 17.2 Å². The van der Waals surface area contributed by atoms with E-state index in [4.69, 9.17) is 10.5 Å². The monoisotopic (exact) mass is 317 g/mol. The molecule has 1 aromatic heterocycles. The molecular formula is C16H19N3O2S. The molecule has 3 N–H and O–H groups in total. The lowest BCUT2D eigenvalue weighted by Crippen LogP contribution is -2.31. The summed E-state index contributed by atoms with van der Waals surface area (Å²) in [7, 11) is 0. The van der Waals surface area contributed by atoms with Gasteiger partial charge in [-0.2, -0.15) is 0 Å². The van der Waals surface area contributed by atoms with E-state index in [1.54, 1.807) is 5.38 Å². The third-order valence-electron chi connectivity index (χ3n) is 3.73. The number of carbonyl (C=O) groups is 1. The van der Waals surface area contributed by atoms with Crippen LogP contribution < -0.4 is 15.8 Å². The molecule has 22 heavy (non-hydrogen) atoms. The van der Waals surface area contributed by atoms with Crippen LogP contribution in [0.15, 0.2) is 29.6 Å². The predicted octanol–water partition coefficient (Wildman–Crippen LogP) is 1.94. The maximum atomic E-state index is 12.2. The first-order valence-electron chi connectivity index (χ1n) is 7.42. The highest BCUT2D eigenvalue weighted by Gasteiger charge is 2.22. The summed E-state index contributed by atoms with van der Waals surface area (Å²) in [6, 6.07) is 8.01. The van der Waals surface area contributed by atoms with E-state index >= 15 is 0 Å². The molecule has 1 aliphatic rings. The van der Waals surface area contributed by atoms with Gasteiger partial charge in [0.05, 0.1) is 11.6 Å². The number of hydrogen-bond acceptors (Lipinski definition) is 5. The summed E-state index contributed by atoms with van der Waals surface area (Å²) >= 11 is 1.48. The smallest absolute Gasteiger partial charge is 0.270 e. The largest absolute Gasteiger partial charge is 0.493 e. The third kappa shape index (κ3) is 3.28. The highest BCUT2D eigenvalue weighted by molar-refractivity contribution is 7.09. The summed E-state index contributed by atoms with van der Waals surface area (Å²) in [4.78, 5) is 16.5. The lowest BCUT2D eigenvalue weighted by Gasteiger charge is -2.25. The predicted molar refractivity (Wildman–Crippen MR) is 86.5 cm³/mol. The lowest BCUT2D eigenvalue weighted by atomic mass is 9.93. The van der Waals surface area contributed by atoms with Gasteiger partial charge in [-0.15, -0.1) is 11.3 Å². The Kier molecular flexibility index (Phi) is 4.70. The number of fused-ring (bicyclic) bond motifs is 1. The van der Waals surface area contributed by atoms with Gasteiger partial charge in [0.1, 0.15) is 11.4 Å². The van der Waals surface area contributed by atoms with Crippen LogP contribution in [0.5, 0.6) is 5.75 Å². The number of nitrogens with one attached hydrogen (secondary N) is 1. The minimum Gasteiger partial charge on any atom is -0.493 e.